The maximum atomic E-state index is 13.0. The molecule has 2 aromatic carbocycles. The number of fused-ring (bicyclic) bond motifs is 1. The molecule has 9 heteroatoms. The molecule has 0 aliphatic carbocycles. The van der Waals surface area contributed by atoms with Crippen LogP contribution in [-0.4, -0.2) is 64.4 Å². The number of nitrogens with zero attached hydrogens (tertiary/aromatic N) is 4. The fourth-order valence-electron chi connectivity index (χ4n) is 4.37. The van der Waals surface area contributed by atoms with Crippen LogP contribution in [0.15, 0.2) is 54.6 Å². The number of nitrogens with one attached hydrogen (secondary N) is 1. The van der Waals surface area contributed by atoms with Crippen LogP contribution >= 0.6 is 0 Å². The predicted octanol–water partition coefficient (Wildman–Crippen LogP) is 2.68. The summed E-state index contributed by atoms with van der Waals surface area (Å²) in [6.45, 7) is 3.86. The molecular formula is C26H29N5O4. The first-order chi connectivity index (χ1) is 17.0. The van der Waals surface area contributed by atoms with Crippen LogP contribution in [0.5, 0.6) is 11.5 Å². The lowest BCUT2D eigenvalue weighted by atomic mass is 10.1. The second-order valence-electron chi connectivity index (χ2n) is 8.83. The lowest BCUT2D eigenvalue weighted by Crippen LogP contribution is -2.48. The van der Waals surface area contributed by atoms with Crippen molar-refractivity contribution in [2.75, 3.05) is 38.3 Å². The Kier molecular flexibility index (Phi) is 6.67. The van der Waals surface area contributed by atoms with Crippen LogP contribution in [0.3, 0.4) is 0 Å². The van der Waals surface area contributed by atoms with Crippen molar-refractivity contribution in [2.45, 2.75) is 19.4 Å². The molecule has 0 atom stereocenters. The molecule has 182 valence electrons. The van der Waals surface area contributed by atoms with Crippen LogP contribution in [0.4, 0.5) is 5.82 Å². The minimum Gasteiger partial charge on any atom is -0.454 e. The summed E-state index contributed by atoms with van der Waals surface area (Å²) in [6, 6.07) is 17.5. The molecule has 1 N–H and O–H groups in total. The molecule has 1 aromatic heterocycles. The van der Waals surface area contributed by atoms with E-state index in [9.17, 15) is 9.59 Å². The molecule has 9 nitrogen and oxygen atoms in total. The number of amides is 2. The van der Waals surface area contributed by atoms with Gasteiger partial charge in [-0.2, -0.15) is 5.10 Å². The number of hydrogen-bond acceptors (Lipinski definition) is 6. The summed E-state index contributed by atoms with van der Waals surface area (Å²) in [5, 5.41) is 7.22. The average molecular weight is 476 g/mol. The summed E-state index contributed by atoms with van der Waals surface area (Å²) in [5.41, 5.74) is 2.61. The number of aryl methyl sites for hydroxylation is 2. The maximum Gasteiger partial charge on any atom is 0.274 e. The lowest BCUT2D eigenvalue weighted by molar-refractivity contribution is -0.116. The van der Waals surface area contributed by atoms with Crippen LogP contribution in [0.2, 0.25) is 0 Å². The van der Waals surface area contributed by atoms with Crippen LogP contribution in [0, 0.1) is 0 Å². The summed E-state index contributed by atoms with van der Waals surface area (Å²) in [6.07, 6.45) is 1.02. The van der Waals surface area contributed by atoms with Gasteiger partial charge in [0.15, 0.2) is 17.2 Å². The Morgan fingerprint density at radius 2 is 1.71 bits per heavy atom. The molecule has 1 saturated heterocycles. The van der Waals surface area contributed by atoms with Crippen molar-refractivity contribution in [3.63, 3.8) is 0 Å². The minimum absolute atomic E-state index is 0.104. The number of ether oxygens (including phenoxy) is 2. The van der Waals surface area contributed by atoms with Gasteiger partial charge in [-0.15, -0.1) is 0 Å². The molecular weight excluding hydrogens is 446 g/mol. The predicted molar refractivity (Wildman–Crippen MR) is 130 cm³/mol. The summed E-state index contributed by atoms with van der Waals surface area (Å²) in [4.78, 5) is 29.6. The van der Waals surface area contributed by atoms with E-state index in [2.05, 4.69) is 21.4 Å². The molecule has 1 fully saturated rings. The molecule has 2 amide bonds. The van der Waals surface area contributed by atoms with Gasteiger partial charge >= 0.3 is 0 Å². The zero-order valence-corrected chi connectivity index (χ0v) is 19.8. The number of carbonyl (C=O) groups is 2. The highest BCUT2D eigenvalue weighted by molar-refractivity contribution is 5.95. The van der Waals surface area contributed by atoms with Gasteiger partial charge in [-0.05, 0) is 29.7 Å². The van der Waals surface area contributed by atoms with Crippen molar-refractivity contribution < 1.29 is 19.1 Å². The third kappa shape index (κ3) is 5.46. The van der Waals surface area contributed by atoms with E-state index in [1.54, 1.807) is 17.8 Å². The van der Waals surface area contributed by atoms with E-state index in [0.29, 0.717) is 37.4 Å². The van der Waals surface area contributed by atoms with Crippen molar-refractivity contribution in [1.82, 2.24) is 19.6 Å². The number of benzene rings is 2. The number of carbonyl (C=O) groups excluding carboxylic acids is 2. The van der Waals surface area contributed by atoms with Crippen molar-refractivity contribution in [3.05, 3.63) is 71.4 Å². The lowest BCUT2D eigenvalue weighted by Gasteiger charge is -2.34. The number of piperazine rings is 1. The highest BCUT2D eigenvalue weighted by Crippen LogP contribution is 2.32. The Morgan fingerprint density at radius 3 is 2.51 bits per heavy atom. The Hall–Kier alpha value is -3.85. The van der Waals surface area contributed by atoms with E-state index in [-0.39, 0.29) is 18.6 Å². The average Bonchev–Trinajstić information content (AvgIpc) is 3.49. The fraction of sp³-hybridized carbons (Fsp3) is 0.346. The van der Waals surface area contributed by atoms with Gasteiger partial charge < -0.3 is 19.7 Å². The van der Waals surface area contributed by atoms with Gasteiger partial charge in [0.05, 0.1) is 0 Å². The van der Waals surface area contributed by atoms with Crippen molar-refractivity contribution in [2.24, 2.45) is 7.05 Å². The molecule has 2 aliphatic rings. The van der Waals surface area contributed by atoms with E-state index in [1.165, 1.54) is 0 Å². The third-order valence-electron chi connectivity index (χ3n) is 6.35. The molecule has 35 heavy (non-hydrogen) atoms. The Bertz CT molecular complexity index is 1200. The monoisotopic (exact) mass is 475 g/mol. The zero-order chi connectivity index (χ0) is 24.2. The van der Waals surface area contributed by atoms with Crippen molar-refractivity contribution in [1.29, 1.82) is 0 Å². The first-order valence-electron chi connectivity index (χ1n) is 11.8. The molecule has 0 bridgehead atoms. The van der Waals surface area contributed by atoms with Gasteiger partial charge in [0, 0.05) is 52.3 Å². The first-order valence-corrected chi connectivity index (χ1v) is 11.8. The SMILES string of the molecule is Cn1nc(C(=O)N2CCN(Cc3ccc4c(c3)OCO4)CC2)cc1NC(=O)CCc1ccccc1. The summed E-state index contributed by atoms with van der Waals surface area (Å²) in [7, 11) is 1.73. The fourth-order valence-corrected chi connectivity index (χ4v) is 4.37. The van der Waals surface area contributed by atoms with Crippen LogP contribution in [0.1, 0.15) is 28.0 Å². The highest BCUT2D eigenvalue weighted by Gasteiger charge is 2.25. The van der Waals surface area contributed by atoms with Gasteiger partial charge in [-0.25, -0.2) is 0 Å². The maximum absolute atomic E-state index is 13.0. The van der Waals surface area contributed by atoms with Gasteiger partial charge in [-0.1, -0.05) is 36.4 Å². The second kappa shape index (κ2) is 10.2. The Morgan fingerprint density at radius 1 is 0.943 bits per heavy atom. The Labute approximate surface area is 204 Å². The summed E-state index contributed by atoms with van der Waals surface area (Å²) in [5.74, 6) is 1.87. The van der Waals surface area contributed by atoms with E-state index >= 15 is 0 Å². The molecule has 0 radical (unpaired) electrons. The van der Waals surface area contributed by atoms with E-state index in [4.69, 9.17) is 9.47 Å². The van der Waals surface area contributed by atoms with Crippen LogP contribution in [-0.2, 0) is 24.8 Å². The third-order valence-corrected chi connectivity index (χ3v) is 6.35. The molecule has 0 unspecified atom stereocenters. The smallest absolute Gasteiger partial charge is 0.274 e. The van der Waals surface area contributed by atoms with Gasteiger partial charge in [0.25, 0.3) is 5.91 Å². The van der Waals surface area contributed by atoms with Crippen LogP contribution in [0.25, 0.3) is 0 Å². The molecule has 3 heterocycles. The highest BCUT2D eigenvalue weighted by atomic mass is 16.7. The van der Waals surface area contributed by atoms with Gasteiger partial charge in [-0.3, -0.25) is 19.2 Å². The molecule has 0 spiro atoms. The number of aromatic nitrogens is 2. The number of hydrogen-bond donors (Lipinski definition) is 1. The summed E-state index contributed by atoms with van der Waals surface area (Å²) < 4.78 is 12.4. The van der Waals surface area contributed by atoms with E-state index in [1.807, 2.05) is 47.4 Å². The molecule has 2 aliphatic heterocycles. The minimum atomic E-state index is -0.117. The molecule has 5 rings (SSSR count). The second-order valence-corrected chi connectivity index (χ2v) is 8.83. The zero-order valence-electron chi connectivity index (χ0n) is 19.8. The van der Waals surface area contributed by atoms with Gasteiger partial charge in [0.1, 0.15) is 5.82 Å². The largest absolute Gasteiger partial charge is 0.454 e. The molecule has 0 saturated carbocycles. The quantitative estimate of drug-likeness (QED) is 0.565. The first kappa shape index (κ1) is 22.9. The number of anilines is 1. The number of rotatable bonds is 7. The Balaban J connectivity index is 1.12. The summed E-state index contributed by atoms with van der Waals surface area (Å²) >= 11 is 0. The topological polar surface area (TPSA) is 88.9 Å². The normalized spacial score (nSPS) is 15.3. The van der Waals surface area contributed by atoms with E-state index in [0.717, 1.165) is 42.3 Å². The van der Waals surface area contributed by atoms with Gasteiger partial charge in [0.2, 0.25) is 12.7 Å². The van der Waals surface area contributed by atoms with Crippen LogP contribution < -0.4 is 14.8 Å². The molecule has 3 aromatic rings. The van der Waals surface area contributed by atoms with E-state index < -0.39 is 0 Å². The van der Waals surface area contributed by atoms with Crippen molar-refractivity contribution in [3.8, 4) is 11.5 Å². The van der Waals surface area contributed by atoms with Crippen molar-refractivity contribution >= 4 is 17.6 Å². The standard InChI is InChI=1S/C26H29N5O4/c1-29-24(27-25(32)10-8-19-5-3-2-4-6-19)16-21(28-29)26(33)31-13-11-30(12-14-31)17-20-7-9-22-23(15-20)35-18-34-22/h2-7,9,15-16H,8,10-14,17-18H2,1H3,(H,27,32).